The largest absolute Gasteiger partial charge is 0.418 e. The molecule has 2 amide bonds. The van der Waals surface area contributed by atoms with E-state index in [1.165, 1.54) is 36.9 Å². The number of amides is 2. The van der Waals surface area contributed by atoms with Crippen LogP contribution in [0.1, 0.15) is 19.4 Å². The highest BCUT2D eigenvalue weighted by molar-refractivity contribution is 8.00. The van der Waals surface area contributed by atoms with Gasteiger partial charge in [0.25, 0.3) is 0 Å². The molecule has 0 heterocycles. The number of carbonyl (C=O) groups excluding carboxylic acids is 2. The normalized spacial score (nSPS) is 12.3. The highest BCUT2D eigenvalue weighted by Crippen LogP contribution is 2.35. The molecule has 0 saturated carbocycles. The Kier molecular flexibility index (Phi) is 6.31. The number of alkyl halides is 3. The topological polar surface area (TPSA) is 58.2 Å². The molecule has 0 fully saturated rings. The number of hydrogen-bond donors (Lipinski definition) is 2. The van der Waals surface area contributed by atoms with E-state index in [1.807, 2.05) is 0 Å². The number of thioether (sulfide) groups is 1. The zero-order valence-corrected chi connectivity index (χ0v) is 14.9. The van der Waals surface area contributed by atoms with E-state index >= 15 is 0 Å². The fourth-order valence-electron chi connectivity index (χ4n) is 2.18. The quantitative estimate of drug-likeness (QED) is 0.732. The first kappa shape index (κ1) is 19.8. The van der Waals surface area contributed by atoms with Crippen LogP contribution in [0.2, 0.25) is 0 Å². The third-order valence-electron chi connectivity index (χ3n) is 3.33. The first-order valence-electron chi connectivity index (χ1n) is 7.68. The summed E-state index contributed by atoms with van der Waals surface area (Å²) in [6, 6.07) is 11.7. The van der Waals surface area contributed by atoms with Gasteiger partial charge < -0.3 is 10.6 Å². The summed E-state index contributed by atoms with van der Waals surface area (Å²) < 4.78 is 39.0. The smallest absolute Gasteiger partial charge is 0.326 e. The van der Waals surface area contributed by atoms with Crippen molar-refractivity contribution < 1.29 is 22.8 Å². The third-order valence-corrected chi connectivity index (χ3v) is 4.42. The summed E-state index contributed by atoms with van der Waals surface area (Å²) in [5.74, 6) is -0.765. The standard InChI is InChI=1S/C18H17F3N2O2S/c1-11(26-14-7-5-6-13(10-14)22-12(2)24)17(25)23-16-9-4-3-8-15(16)18(19,20)21/h3-11H,1-2H3,(H,22,24)(H,23,25). The van der Waals surface area contributed by atoms with E-state index in [0.717, 1.165) is 6.07 Å². The second-order valence-corrected chi connectivity index (χ2v) is 6.92. The van der Waals surface area contributed by atoms with Gasteiger partial charge in [-0.25, -0.2) is 0 Å². The Morgan fingerprint density at radius 1 is 1.04 bits per heavy atom. The summed E-state index contributed by atoms with van der Waals surface area (Å²) >= 11 is 1.18. The maximum Gasteiger partial charge on any atom is 0.418 e. The van der Waals surface area contributed by atoms with E-state index in [9.17, 15) is 22.8 Å². The molecule has 2 rings (SSSR count). The maximum atomic E-state index is 13.0. The Bertz CT molecular complexity index is 809. The molecule has 0 aromatic heterocycles. The van der Waals surface area contributed by atoms with Crippen LogP contribution in [0.5, 0.6) is 0 Å². The molecule has 1 atom stereocenters. The number of benzene rings is 2. The van der Waals surface area contributed by atoms with Crippen LogP contribution in [0.25, 0.3) is 0 Å². The minimum absolute atomic E-state index is 0.221. The Balaban J connectivity index is 2.08. The average Bonchev–Trinajstić information content (AvgIpc) is 2.54. The van der Waals surface area contributed by atoms with Crippen molar-refractivity contribution in [3.8, 4) is 0 Å². The Labute approximate surface area is 153 Å². The molecule has 0 radical (unpaired) electrons. The summed E-state index contributed by atoms with van der Waals surface area (Å²) in [7, 11) is 0. The van der Waals surface area contributed by atoms with Crippen molar-refractivity contribution in [1.29, 1.82) is 0 Å². The number of anilines is 2. The van der Waals surface area contributed by atoms with Crippen LogP contribution >= 0.6 is 11.8 Å². The van der Waals surface area contributed by atoms with Crippen molar-refractivity contribution in [3.63, 3.8) is 0 Å². The minimum Gasteiger partial charge on any atom is -0.326 e. The second kappa shape index (κ2) is 8.27. The summed E-state index contributed by atoms with van der Waals surface area (Å²) in [6.45, 7) is 2.98. The average molecular weight is 382 g/mol. The lowest BCUT2D eigenvalue weighted by Crippen LogP contribution is -2.24. The van der Waals surface area contributed by atoms with Gasteiger partial charge in [0.15, 0.2) is 0 Å². The molecule has 0 bridgehead atoms. The minimum atomic E-state index is -4.55. The molecular weight excluding hydrogens is 365 g/mol. The van der Waals surface area contributed by atoms with Crippen LogP contribution in [0.15, 0.2) is 53.4 Å². The van der Waals surface area contributed by atoms with Gasteiger partial charge in [0.2, 0.25) is 11.8 Å². The summed E-state index contributed by atoms with van der Waals surface area (Å²) in [6.07, 6.45) is -4.55. The summed E-state index contributed by atoms with van der Waals surface area (Å²) in [5, 5.41) is 4.33. The van der Waals surface area contributed by atoms with Gasteiger partial charge in [0, 0.05) is 17.5 Å². The molecule has 2 aromatic rings. The zero-order valence-electron chi connectivity index (χ0n) is 14.1. The second-order valence-electron chi connectivity index (χ2n) is 5.50. The lowest BCUT2D eigenvalue weighted by molar-refractivity contribution is -0.137. The molecule has 0 spiro atoms. The molecule has 2 N–H and O–H groups in total. The first-order chi connectivity index (χ1) is 12.2. The number of rotatable bonds is 5. The molecule has 8 heteroatoms. The van der Waals surface area contributed by atoms with Gasteiger partial charge in [-0.1, -0.05) is 18.2 Å². The molecule has 0 aliphatic heterocycles. The van der Waals surface area contributed by atoms with Gasteiger partial charge in [-0.15, -0.1) is 11.8 Å². The molecule has 26 heavy (non-hydrogen) atoms. The van der Waals surface area contributed by atoms with E-state index in [2.05, 4.69) is 10.6 Å². The van der Waals surface area contributed by atoms with Gasteiger partial charge in [-0.3, -0.25) is 9.59 Å². The molecule has 0 aliphatic rings. The Morgan fingerprint density at radius 3 is 2.38 bits per heavy atom. The SMILES string of the molecule is CC(=O)Nc1cccc(SC(C)C(=O)Nc2ccccc2C(F)(F)F)c1. The number of nitrogens with one attached hydrogen (secondary N) is 2. The fourth-order valence-corrected chi connectivity index (χ4v) is 3.11. The van der Waals surface area contributed by atoms with Crippen LogP contribution in [-0.4, -0.2) is 17.1 Å². The van der Waals surface area contributed by atoms with E-state index < -0.39 is 22.9 Å². The van der Waals surface area contributed by atoms with Gasteiger partial charge in [0.05, 0.1) is 16.5 Å². The predicted octanol–water partition coefficient (Wildman–Crippen LogP) is 4.78. The van der Waals surface area contributed by atoms with E-state index in [-0.39, 0.29) is 11.6 Å². The number of halogens is 3. The van der Waals surface area contributed by atoms with Crippen molar-refractivity contribution in [2.45, 2.75) is 30.2 Å². The predicted molar refractivity (Wildman–Crippen MR) is 96.1 cm³/mol. The van der Waals surface area contributed by atoms with Crippen LogP contribution in [0.4, 0.5) is 24.5 Å². The number of para-hydroxylation sites is 1. The Morgan fingerprint density at radius 2 is 1.73 bits per heavy atom. The molecule has 2 aromatic carbocycles. The lowest BCUT2D eigenvalue weighted by Gasteiger charge is -2.16. The highest BCUT2D eigenvalue weighted by atomic mass is 32.2. The Hall–Kier alpha value is -2.48. The number of carbonyl (C=O) groups is 2. The van der Waals surface area contributed by atoms with Crippen molar-refractivity contribution >= 4 is 35.0 Å². The van der Waals surface area contributed by atoms with Crippen molar-refractivity contribution in [2.75, 3.05) is 10.6 Å². The zero-order chi connectivity index (χ0) is 19.3. The third kappa shape index (κ3) is 5.52. The molecule has 138 valence electrons. The van der Waals surface area contributed by atoms with E-state index in [0.29, 0.717) is 10.6 Å². The molecule has 0 saturated heterocycles. The fraction of sp³-hybridized carbons (Fsp3) is 0.222. The number of hydrogen-bond acceptors (Lipinski definition) is 3. The molecule has 0 aliphatic carbocycles. The van der Waals surface area contributed by atoms with Crippen LogP contribution in [0, 0.1) is 0 Å². The van der Waals surface area contributed by atoms with Crippen molar-refractivity contribution in [2.24, 2.45) is 0 Å². The van der Waals surface area contributed by atoms with Crippen LogP contribution in [-0.2, 0) is 15.8 Å². The van der Waals surface area contributed by atoms with E-state index in [4.69, 9.17) is 0 Å². The lowest BCUT2D eigenvalue weighted by atomic mass is 10.1. The molecular formula is C18H17F3N2O2S. The maximum absolute atomic E-state index is 13.0. The summed E-state index contributed by atoms with van der Waals surface area (Å²) in [5.41, 5.74) is -0.583. The van der Waals surface area contributed by atoms with Gasteiger partial charge in [-0.05, 0) is 37.3 Å². The van der Waals surface area contributed by atoms with E-state index in [1.54, 1.807) is 31.2 Å². The highest BCUT2D eigenvalue weighted by Gasteiger charge is 2.33. The first-order valence-corrected chi connectivity index (χ1v) is 8.56. The monoisotopic (exact) mass is 382 g/mol. The van der Waals surface area contributed by atoms with Gasteiger partial charge in [-0.2, -0.15) is 13.2 Å². The van der Waals surface area contributed by atoms with Crippen molar-refractivity contribution in [3.05, 3.63) is 54.1 Å². The van der Waals surface area contributed by atoms with Crippen LogP contribution < -0.4 is 10.6 Å². The summed E-state index contributed by atoms with van der Waals surface area (Å²) in [4.78, 5) is 24.1. The van der Waals surface area contributed by atoms with Crippen LogP contribution in [0.3, 0.4) is 0 Å². The van der Waals surface area contributed by atoms with Crippen molar-refractivity contribution in [1.82, 2.24) is 0 Å². The van der Waals surface area contributed by atoms with Gasteiger partial charge >= 0.3 is 6.18 Å². The molecule has 1 unspecified atom stereocenters. The molecule has 4 nitrogen and oxygen atoms in total. The van der Waals surface area contributed by atoms with Gasteiger partial charge in [0.1, 0.15) is 0 Å².